The average Bonchev–Trinajstić information content (AvgIpc) is 3.57. The number of benzene rings is 2. The number of hydrogen-bond acceptors (Lipinski definition) is 7. The van der Waals surface area contributed by atoms with Gasteiger partial charge in [-0.05, 0) is 55.9 Å². The number of hydrogen-bond donors (Lipinski definition) is 4. The first-order valence-corrected chi connectivity index (χ1v) is 16.1. The summed E-state index contributed by atoms with van der Waals surface area (Å²) in [6.45, 7) is 2.18. The van der Waals surface area contributed by atoms with Crippen molar-refractivity contribution in [1.29, 1.82) is 0 Å². The molecule has 47 heavy (non-hydrogen) atoms. The standard InChI is InChI=1S/C34H42N6O7/c1-21-31(43)38-26(33(45)39-16-13-24(14-17-39)30(35)42)19-23-9-11-25(12-10-23)47-20-29(41)37-27(18-22-6-3-2-4-7-22)34(46)40-15-5-8-28(40)32(44)36-21/h2-4,6-7,9-12,21,24,26-28H,5,8,13-20H2,1H3,(H2,35,42)(H,36,44)(H,37,41)(H,38,43)/t21-,26-,27+,28+/m0/s1. The van der Waals surface area contributed by atoms with Gasteiger partial charge in [-0.2, -0.15) is 0 Å². The summed E-state index contributed by atoms with van der Waals surface area (Å²) in [6.07, 6.45) is 2.25. The number of carbonyl (C=O) groups excluding carboxylic acids is 6. The Bertz CT molecular complexity index is 1480. The number of likely N-dealkylation sites (tertiary alicyclic amines) is 1. The fraction of sp³-hybridized carbons (Fsp3) is 0.471. The lowest BCUT2D eigenvalue weighted by molar-refractivity contribution is -0.142. The maximum Gasteiger partial charge on any atom is 0.258 e. The number of piperidine rings is 1. The van der Waals surface area contributed by atoms with Gasteiger partial charge in [0.1, 0.15) is 29.9 Å². The molecular weight excluding hydrogens is 604 g/mol. The summed E-state index contributed by atoms with van der Waals surface area (Å²) in [7, 11) is 0. The monoisotopic (exact) mass is 646 g/mol. The molecule has 0 aromatic heterocycles. The molecule has 6 amide bonds. The lowest BCUT2D eigenvalue weighted by Crippen LogP contribution is -2.58. The predicted octanol–water partition coefficient (Wildman–Crippen LogP) is 0.0534. The molecule has 5 N–H and O–H groups in total. The molecule has 6 rings (SSSR count). The Labute approximate surface area is 273 Å². The molecule has 2 fully saturated rings. The van der Waals surface area contributed by atoms with Crippen LogP contribution in [0.25, 0.3) is 0 Å². The third-order valence-electron chi connectivity index (χ3n) is 9.06. The van der Waals surface area contributed by atoms with E-state index < -0.39 is 53.7 Å². The van der Waals surface area contributed by atoms with Crippen LogP contribution in [0.4, 0.5) is 0 Å². The minimum Gasteiger partial charge on any atom is -0.484 e. The van der Waals surface area contributed by atoms with Crippen LogP contribution in [0.3, 0.4) is 0 Å². The summed E-state index contributed by atoms with van der Waals surface area (Å²) in [5.41, 5.74) is 7.04. The van der Waals surface area contributed by atoms with Crippen LogP contribution in [0.1, 0.15) is 43.7 Å². The Morgan fingerprint density at radius 1 is 0.872 bits per heavy atom. The van der Waals surface area contributed by atoms with Crippen LogP contribution < -0.4 is 26.4 Å². The molecule has 0 spiro atoms. The van der Waals surface area contributed by atoms with Crippen molar-refractivity contribution in [3.8, 4) is 5.75 Å². The molecule has 4 heterocycles. The van der Waals surface area contributed by atoms with E-state index in [1.54, 1.807) is 29.2 Å². The topological polar surface area (TPSA) is 180 Å². The van der Waals surface area contributed by atoms with Gasteiger partial charge >= 0.3 is 0 Å². The van der Waals surface area contributed by atoms with Crippen molar-refractivity contribution in [2.75, 3.05) is 26.2 Å². The van der Waals surface area contributed by atoms with Gasteiger partial charge in [-0.15, -0.1) is 0 Å². The molecule has 2 aromatic rings. The molecule has 0 aliphatic carbocycles. The van der Waals surface area contributed by atoms with E-state index in [1.807, 2.05) is 30.3 Å². The van der Waals surface area contributed by atoms with Gasteiger partial charge in [0.25, 0.3) is 5.91 Å². The van der Waals surface area contributed by atoms with E-state index in [2.05, 4.69) is 16.0 Å². The average molecular weight is 647 g/mol. The highest BCUT2D eigenvalue weighted by atomic mass is 16.5. The van der Waals surface area contributed by atoms with Gasteiger partial charge in [0, 0.05) is 38.4 Å². The van der Waals surface area contributed by atoms with Crippen LogP contribution in [0.5, 0.6) is 5.75 Å². The predicted molar refractivity (Wildman–Crippen MR) is 170 cm³/mol. The summed E-state index contributed by atoms with van der Waals surface area (Å²) in [4.78, 5) is 82.3. The number of nitrogens with two attached hydrogens (primary N) is 1. The van der Waals surface area contributed by atoms with E-state index in [0.29, 0.717) is 51.1 Å². The highest BCUT2D eigenvalue weighted by Gasteiger charge is 2.39. The molecule has 4 aliphatic rings. The molecule has 2 saturated heterocycles. The number of rotatable bonds is 4. The van der Waals surface area contributed by atoms with Crippen molar-refractivity contribution in [2.24, 2.45) is 11.7 Å². The first-order valence-electron chi connectivity index (χ1n) is 16.1. The van der Waals surface area contributed by atoms with Gasteiger partial charge in [0.15, 0.2) is 6.61 Å². The number of primary amides is 1. The van der Waals surface area contributed by atoms with Crippen molar-refractivity contribution < 1.29 is 33.5 Å². The number of nitrogens with zero attached hydrogens (tertiary/aromatic N) is 2. The third-order valence-corrected chi connectivity index (χ3v) is 9.06. The molecule has 0 unspecified atom stereocenters. The Hall–Kier alpha value is -4.94. The molecule has 4 atom stereocenters. The molecule has 0 saturated carbocycles. The SMILES string of the molecule is C[C@@H]1NC(=O)[C@H]2CCCN2C(=O)[C@@H](Cc2ccccc2)NC(=O)COc2ccc(cc2)C[C@@H](C(=O)N2CCC(C(N)=O)CC2)NC1=O. The maximum absolute atomic E-state index is 13.9. The van der Waals surface area contributed by atoms with Gasteiger partial charge in [-0.3, -0.25) is 28.8 Å². The number of ether oxygens (including phenoxy) is 1. The Morgan fingerprint density at radius 3 is 2.26 bits per heavy atom. The lowest BCUT2D eigenvalue weighted by atomic mass is 9.95. The maximum atomic E-state index is 13.9. The minimum atomic E-state index is -1.01. The molecule has 13 nitrogen and oxygen atoms in total. The number of carbonyl (C=O) groups is 6. The van der Waals surface area contributed by atoms with Gasteiger partial charge in [-0.25, -0.2) is 0 Å². The van der Waals surface area contributed by atoms with E-state index in [-0.39, 0.29) is 31.3 Å². The normalized spacial score (nSPS) is 25.0. The summed E-state index contributed by atoms with van der Waals surface area (Å²) in [5.74, 6) is -2.51. The Morgan fingerprint density at radius 2 is 1.57 bits per heavy atom. The zero-order valence-corrected chi connectivity index (χ0v) is 26.5. The summed E-state index contributed by atoms with van der Waals surface area (Å²) in [6, 6.07) is 12.4. The van der Waals surface area contributed by atoms with E-state index in [4.69, 9.17) is 10.5 Å². The van der Waals surface area contributed by atoms with Crippen LogP contribution in [0.15, 0.2) is 54.6 Å². The Balaban J connectivity index is 1.38. The van der Waals surface area contributed by atoms with Crippen molar-refractivity contribution in [3.63, 3.8) is 0 Å². The summed E-state index contributed by atoms with van der Waals surface area (Å²) in [5, 5.41) is 8.36. The van der Waals surface area contributed by atoms with E-state index >= 15 is 0 Å². The van der Waals surface area contributed by atoms with Gasteiger partial charge in [0.2, 0.25) is 29.5 Å². The Kier molecular flexibility index (Phi) is 10.7. The fourth-order valence-electron chi connectivity index (χ4n) is 6.37. The molecule has 0 radical (unpaired) electrons. The van der Waals surface area contributed by atoms with Gasteiger partial charge in [-0.1, -0.05) is 42.5 Å². The molecule has 250 valence electrons. The van der Waals surface area contributed by atoms with Crippen LogP contribution in [0.2, 0.25) is 0 Å². The van der Waals surface area contributed by atoms with E-state index in [0.717, 1.165) is 11.1 Å². The van der Waals surface area contributed by atoms with Crippen LogP contribution in [0, 0.1) is 5.92 Å². The second-order valence-corrected chi connectivity index (χ2v) is 12.4. The number of amides is 6. The minimum absolute atomic E-state index is 0.161. The smallest absolute Gasteiger partial charge is 0.258 e. The zero-order valence-electron chi connectivity index (χ0n) is 26.5. The molecular formula is C34H42N6O7. The van der Waals surface area contributed by atoms with Crippen molar-refractivity contribution >= 4 is 35.4 Å². The molecule has 13 heteroatoms. The highest BCUT2D eigenvalue weighted by Crippen LogP contribution is 2.22. The second-order valence-electron chi connectivity index (χ2n) is 12.4. The molecule has 2 bridgehead atoms. The summed E-state index contributed by atoms with van der Waals surface area (Å²) < 4.78 is 5.72. The van der Waals surface area contributed by atoms with Crippen LogP contribution in [-0.4, -0.2) is 95.7 Å². The van der Waals surface area contributed by atoms with Crippen LogP contribution >= 0.6 is 0 Å². The van der Waals surface area contributed by atoms with Crippen molar-refractivity contribution in [3.05, 3.63) is 65.7 Å². The number of fused-ring (bicyclic) bond motifs is 13. The molecule has 2 aromatic carbocycles. The molecule has 4 aliphatic heterocycles. The first-order chi connectivity index (χ1) is 22.6. The zero-order chi connectivity index (χ0) is 33.5. The van der Waals surface area contributed by atoms with E-state index in [9.17, 15) is 28.8 Å². The van der Waals surface area contributed by atoms with Crippen LogP contribution in [-0.2, 0) is 41.6 Å². The van der Waals surface area contributed by atoms with Crippen molar-refractivity contribution in [1.82, 2.24) is 25.8 Å². The first kappa shape index (κ1) is 33.4. The largest absolute Gasteiger partial charge is 0.484 e. The second kappa shape index (κ2) is 15.1. The van der Waals surface area contributed by atoms with Crippen molar-refractivity contribution in [2.45, 2.75) is 69.6 Å². The number of nitrogens with one attached hydrogen (secondary N) is 3. The lowest BCUT2D eigenvalue weighted by Gasteiger charge is -2.34. The summed E-state index contributed by atoms with van der Waals surface area (Å²) >= 11 is 0. The fourth-order valence-corrected chi connectivity index (χ4v) is 6.37. The highest BCUT2D eigenvalue weighted by molar-refractivity contribution is 5.96. The quantitative estimate of drug-likeness (QED) is 0.362. The third kappa shape index (κ3) is 8.46. The van der Waals surface area contributed by atoms with Gasteiger partial charge < -0.3 is 36.2 Å². The van der Waals surface area contributed by atoms with E-state index in [1.165, 1.54) is 11.8 Å². The van der Waals surface area contributed by atoms with Gasteiger partial charge in [0.05, 0.1) is 0 Å².